The number of hydrogen-bond donors (Lipinski definition) is 1. The molecule has 0 radical (unpaired) electrons. The second-order valence-corrected chi connectivity index (χ2v) is 5.54. The van der Waals surface area contributed by atoms with Gasteiger partial charge in [-0.05, 0) is 11.6 Å². The maximum Gasteiger partial charge on any atom is 0.231 e. The summed E-state index contributed by atoms with van der Waals surface area (Å²) in [7, 11) is 0. The van der Waals surface area contributed by atoms with E-state index in [0.29, 0.717) is 24.5 Å². The molecule has 110 valence electrons. The minimum Gasteiger partial charge on any atom is -0.476 e. The fraction of sp³-hybridized carbons (Fsp3) is 0.235. The molecule has 5 nitrogen and oxygen atoms in total. The van der Waals surface area contributed by atoms with Gasteiger partial charge in [-0.15, -0.1) is 0 Å². The molecular weight excluding hydrogens is 280 g/mol. The van der Waals surface area contributed by atoms with Crippen LogP contribution in [-0.4, -0.2) is 23.3 Å². The van der Waals surface area contributed by atoms with Crippen molar-refractivity contribution in [3.63, 3.8) is 0 Å². The van der Waals surface area contributed by atoms with Gasteiger partial charge >= 0.3 is 0 Å². The number of ketones is 1. The average Bonchev–Trinajstić information content (AvgIpc) is 3.10. The van der Waals surface area contributed by atoms with Crippen molar-refractivity contribution >= 4 is 11.7 Å². The topological polar surface area (TPSA) is 68.3 Å². The minimum absolute atomic E-state index is 0.0747. The molecule has 0 bridgehead atoms. The number of benzene rings is 1. The smallest absolute Gasteiger partial charge is 0.231 e. The maximum absolute atomic E-state index is 12.6. The second kappa shape index (κ2) is 4.94. The Kier molecular flexibility index (Phi) is 2.92. The van der Waals surface area contributed by atoms with E-state index >= 15 is 0 Å². The van der Waals surface area contributed by atoms with E-state index in [1.807, 2.05) is 30.3 Å². The van der Waals surface area contributed by atoms with E-state index in [4.69, 9.17) is 4.74 Å². The number of pyridine rings is 1. The largest absolute Gasteiger partial charge is 0.476 e. The zero-order chi connectivity index (χ0) is 15.1. The van der Waals surface area contributed by atoms with Crippen LogP contribution in [0.3, 0.4) is 0 Å². The van der Waals surface area contributed by atoms with Crippen molar-refractivity contribution in [3.05, 3.63) is 59.3 Å². The lowest BCUT2D eigenvalue weighted by Gasteiger charge is -2.16. The van der Waals surface area contributed by atoms with Gasteiger partial charge in [0.05, 0.1) is 6.04 Å². The molecule has 4 rings (SSSR count). The van der Waals surface area contributed by atoms with Crippen molar-refractivity contribution in [3.8, 4) is 5.88 Å². The van der Waals surface area contributed by atoms with Crippen molar-refractivity contribution in [2.45, 2.75) is 18.4 Å². The summed E-state index contributed by atoms with van der Waals surface area (Å²) in [5, 5.41) is 2.98. The van der Waals surface area contributed by atoms with E-state index in [0.717, 1.165) is 11.1 Å². The minimum atomic E-state index is -0.369. The van der Waals surface area contributed by atoms with Crippen LogP contribution in [-0.2, 0) is 4.79 Å². The molecule has 1 N–H and O–H groups in total. The molecule has 1 aromatic carbocycles. The molecule has 1 amide bonds. The lowest BCUT2D eigenvalue weighted by atomic mass is 10.0. The predicted octanol–water partition coefficient (Wildman–Crippen LogP) is 2.00. The van der Waals surface area contributed by atoms with E-state index in [1.165, 1.54) is 0 Å². The van der Waals surface area contributed by atoms with Crippen LogP contribution in [0.2, 0.25) is 0 Å². The summed E-state index contributed by atoms with van der Waals surface area (Å²) < 4.78 is 5.45. The van der Waals surface area contributed by atoms with Gasteiger partial charge in [0.1, 0.15) is 12.5 Å². The number of carbonyl (C=O) groups is 2. The molecule has 1 aromatic heterocycles. The Balaban J connectivity index is 1.56. The van der Waals surface area contributed by atoms with Crippen LogP contribution in [0.5, 0.6) is 5.88 Å². The monoisotopic (exact) mass is 294 g/mol. The van der Waals surface area contributed by atoms with Gasteiger partial charge in [0.2, 0.25) is 11.8 Å². The van der Waals surface area contributed by atoms with Gasteiger partial charge in [-0.1, -0.05) is 30.3 Å². The molecule has 1 aliphatic carbocycles. The van der Waals surface area contributed by atoms with Gasteiger partial charge in [-0.25, -0.2) is 4.98 Å². The normalized spacial score (nSPS) is 21.9. The number of nitrogens with zero attached hydrogens (tertiary/aromatic N) is 1. The summed E-state index contributed by atoms with van der Waals surface area (Å²) in [6.07, 6.45) is 1.96. The molecule has 0 saturated heterocycles. The number of ether oxygens (including phenoxy) is 1. The molecule has 2 atom stereocenters. The van der Waals surface area contributed by atoms with Crippen molar-refractivity contribution in [1.29, 1.82) is 0 Å². The average molecular weight is 294 g/mol. The fourth-order valence-electron chi connectivity index (χ4n) is 3.12. The van der Waals surface area contributed by atoms with Crippen molar-refractivity contribution < 1.29 is 14.3 Å². The molecule has 5 heteroatoms. The number of hydrogen-bond acceptors (Lipinski definition) is 4. The van der Waals surface area contributed by atoms with E-state index < -0.39 is 0 Å². The van der Waals surface area contributed by atoms with E-state index in [2.05, 4.69) is 10.3 Å². The first-order chi connectivity index (χ1) is 10.7. The lowest BCUT2D eigenvalue weighted by Crippen LogP contribution is -2.32. The number of rotatable bonds is 2. The Labute approximate surface area is 127 Å². The van der Waals surface area contributed by atoms with Gasteiger partial charge in [0.25, 0.3) is 0 Å². The first kappa shape index (κ1) is 13.0. The van der Waals surface area contributed by atoms with Crippen molar-refractivity contribution in [2.75, 3.05) is 6.61 Å². The molecule has 0 saturated carbocycles. The van der Waals surface area contributed by atoms with Gasteiger partial charge in [0, 0.05) is 23.7 Å². The summed E-state index contributed by atoms with van der Waals surface area (Å²) in [6, 6.07) is 10.8. The highest BCUT2D eigenvalue weighted by Gasteiger charge is 2.35. The number of amides is 1. The number of aromatic nitrogens is 1. The summed E-state index contributed by atoms with van der Waals surface area (Å²) in [6.45, 7) is 0.292. The van der Waals surface area contributed by atoms with Gasteiger partial charge in [0.15, 0.2) is 5.78 Å². The van der Waals surface area contributed by atoms with Crippen LogP contribution in [0.25, 0.3) is 0 Å². The SMILES string of the molecule is O=C1CC(NC(=O)C2COc3ncccc32)c2ccccc21. The Morgan fingerprint density at radius 2 is 2.00 bits per heavy atom. The third-order valence-corrected chi connectivity index (χ3v) is 4.22. The van der Waals surface area contributed by atoms with Crippen molar-refractivity contribution in [1.82, 2.24) is 10.3 Å². The predicted molar refractivity (Wildman–Crippen MR) is 78.7 cm³/mol. The van der Waals surface area contributed by atoms with Gasteiger partial charge in [-0.2, -0.15) is 0 Å². The molecule has 2 aromatic rings. The van der Waals surface area contributed by atoms with Crippen LogP contribution in [0.15, 0.2) is 42.6 Å². The van der Waals surface area contributed by atoms with Crippen LogP contribution in [0, 0.1) is 0 Å². The van der Waals surface area contributed by atoms with Gasteiger partial charge in [-0.3, -0.25) is 9.59 Å². The first-order valence-corrected chi connectivity index (χ1v) is 7.24. The fourth-order valence-corrected chi connectivity index (χ4v) is 3.12. The molecule has 0 fully saturated rings. The molecule has 22 heavy (non-hydrogen) atoms. The molecule has 0 spiro atoms. The molecule has 2 aliphatic rings. The second-order valence-electron chi connectivity index (χ2n) is 5.54. The standard InChI is InChI=1S/C17H14N2O3/c20-15-8-14(10-4-1-2-5-11(10)15)19-16(21)13-9-22-17-12(13)6-3-7-18-17/h1-7,13-14H,8-9H2,(H,19,21). The summed E-state index contributed by atoms with van der Waals surface area (Å²) in [4.78, 5) is 28.7. The molecule has 2 unspecified atom stereocenters. The van der Waals surface area contributed by atoms with Crippen LogP contribution >= 0.6 is 0 Å². The highest BCUT2D eigenvalue weighted by atomic mass is 16.5. The van der Waals surface area contributed by atoms with Crippen LogP contribution in [0.4, 0.5) is 0 Å². The number of fused-ring (bicyclic) bond motifs is 2. The Morgan fingerprint density at radius 3 is 2.91 bits per heavy atom. The quantitative estimate of drug-likeness (QED) is 0.920. The summed E-state index contributed by atoms with van der Waals surface area (Å²) in [5.74, 6) is 0.101. The lowest BCUT2D eigenvalue weighted by molar-refractivity contribution is -0.123. The molecule has 1 aliphatic heterocycles. The zero-order valence-corrected chi connectivity index (χ0v) is 11.8. The van der Waals surface area contributed by atoms with E-state index in [-0.39, 0.29) is 23.7 Å². The van der Waals surface area contributed by atoms with Crippen LogP contribution in [0.1, 0.15) is 39.9 Å². The zero-order valence-electron chi connectivity index (χ0n) is 11.8. The highest BCUT2D eigenvalue weighted by molar-refractivity contribution is 6.02. The summed E-state index contributed by atoms with van der Waals surface area (Å²) >= 11 is 0. The number of Topliss-reactive ketones (excluding diaryl/α,β-unsaturated/α-hetero) is 1. The van der Waals surface area contributed by atoms with E-state index in [9.17, 15) is 9.59 Å². The maximum atomic E-state index is 12.6. The third kappa shape index (κ3) is 1.97. The Morgan fingerprint density at radius 1 is 1.18 bits per heavy atom. The number of nitrogens with one attached hydrogen (secondary N) is 1. The third-order valence-electron chi connectivity index (χ3n) is 4.22. The highest BCUT2D eigenvalue weighted by Crippen LogP contribution is 2.34. The van der Waals surface area contributed by atoms with Crippen molar-refractivity contribution in [2.24, 2.45) is 0 Å². The first-order valence-electron chi connectivity index (χ1n) is 7.24. The molecule has 2 heterocycles. The van der Waals surface area contributed by atoms with Crippen LogP contribution < -0.4 is 10.1 Å². The molecular formula is C17H14N2O3. The number of carbonyl (C=O) groups excluding carboxylic acids is 2. The van der Waals surface area contributed by atoms with E-state index in [1.54, 1.807) is 12.3 Å². The summed E-state index contributed by atoms with van der Waals surface area (Å²) in [5.41, 5.74) is 2.40. The van der Waals surface area contributed by atoms with Gasteiger partial charge < -0.3 is 10.1 Å². The Hall–Kier alpha value is -2.69. The Bertz CT molecular complexity index is 772.